The average molecular weight is 333 g/mol. The van der Waals surface area contributed by atoms with E-state index in [4.69, 9.17) is 33.0 Å². The van der Waals surface area contributed by atoms with Crippen LogP contribution in [0.3, 0.4) is 0 Å². The van der Waals surface area contributed by atoms with Crippen molar-refractivity contribution in [3.63, 3.8) is 0 Å². The predicted octanol–water partition coefficient (Wildman–Crippen LogP) is 5.00. The number of hydrogen-bond acceptors (Lipinski definition) is 2. The van der Waals surface area contributed by atoms with Gasteiger partial charge >= 0.3 is 10.5 Å². The van der Waals surface area contributed by atoms with Crippen molar-refractivity contribution in [3.8, 4) is 5.75 Å². The van der Waals surface area contributed by atoms with Crippen molar-refractivity contribution in [2.45, 2.75) is 51.0 Å². The molecule has 21 heavy (non-hydrogen) atoms. The van der Waals surface area contributed by atoms with Crippen LogP contribution in [0.15, 0.2) is 24.3 Å². The molecular formula is C16H22Cl2O3. The normalized spacial score (nSPS) is 13.1. The van der Waals surface area contributed by atoms with E-state index in [1.807, 2.05) is 12.1 Å². The summed E-state index contributed by atoms with van der Waals surface area (Å²) in [6, 6.07) is 7.18. The molecule has 0 spiro atoms. The molecular weight excluding hydrogens is 311 g/mol. The van der Waals surface area contributed by atoms with Crippen LogP contribution < -0.4 is 4.74 Å². The number of benzene rings is 1. The molecule has 0 amide bonds. The van der Waals surface area contributed by atoms with Crippen LogP contribution in [0.5, 0.6) is 5.75 Å². The van der Waals surface area contributed by atoms with Crippen molar-refractivity contribution in [3.05, 3.63) is 29.8 Å². The summed E-state index contributed by atoms with van der Waals surface area (Å²) in [5.74, 6) is -1.12. The van der Waals surface area contributed by atoms with E-state index in [9.17, 15) is 4.79 Å². The van der Waals surface area contributed by atoms with Gasteiger partial charge in [0.05, 0.1) is 0 Å². The minimum absolute atomic E-state index is 0.00258. The summed E-state index contributed by atoms with van der Waals surface area (Å²) in [5.41, 5.74) is 1.36. The molecule has 0 atom stereocenters. The van der Waals surface area contributed by atoms with Crippen molar-refractivity contribution in [1.82, 2.24) is 0 Å². The largest absolute Gasteiger partial charge is 0.476 e. The summed E-state index contributed by atoms with van der Waals surface area (Å²) >= 11 is 11.1. The van der Waals surface area contributed by atoms with E-state index < -0.39 is 10.5 Å². The molecule has 1 aromatic carbocycles. The molecule has 1 aromatic rings. The molecule has 0 unspecified atom stereocenters. The van der Waals surface area contributed by atoms with E-state index in [2.05, 4.69) is 34.6 Å². The molecule has 0 aliphatic carbocycles. The molecule has 0 radical (unpaired) electrons. The smallest absolute Gasteiger partial charge is 0.381 e. The number of alkyl halides is 2. The highest BCUT2D eigenvalue weighted by Gasteiger charge is 2.36. The van der Waals surface area contributed by atoms with Gasteiger partial charge in [-0.2, -0.15) is 0 Å². The van der Waals surface area contributed by atoms with Gasteiger partial charge in [-0.3, -0.25) is 0 Å². The Balaban J connectivity index is 2.90. The monoisotopic (exact) mass is 332 g/mol. The highest BCUT2D eigenvalue weighted by atomic mass is 35.5. The van der Waals surface area contributed by atoms with Crippen LogP contribution in [-0.4, -0.2) is 15.6 Å². The van der Waals surface area contributed by atoms with E-state index in [0.29, 0.717) is 5.75 Å². The summed E-state index contributed by atoms with van der Waals surface area (Å²) in [6.07, 6.45) is 1.02. The summed E-state index contributed by atoms with van der Waals surface area (Å²) in [4.78, 5) is 10.8. The number of hydrogen-bond donors (Lipinski definition) is 1. The summed E-state index contributed by atoms with van der Waals surface area (Å²) in [7, 11) is 0. The molecule has 0 saturated heterocycles. The molecule has 5 heteroatoms. The lowest BCUT2D eigenvalue weighted by Crippen LogP contribution is -2.32. The fraction of sp³-hybridized carbons (Fsp3) is 0.562. The minimum Gasteiger partial charge on any atom is -0.476 e. The van der Waals surface area contributed by atoms with Gasteiger partial charge in [0.1, 0.15) is 5.75 Å². The number of carbonyl (C=O) groups is 1. The first-order valence-electron chi connectivity index (χ1n) is 6.74. The maximum Gasteiger partial charge on any atom is 0.381 e. The van der Waals surface area contributed by atoms with Crippen molar-refractivity contribution in [2.24, 2.45) is 5.41 Å². The van der Waals surface area contributed by atoms with E-state index in [1.165, 1.54) is 0 Å². The molecule has 0 aliphatic rings. The number of ether oxygens (including phenoxy) is 1. The van der Waals surface area contributed by atoms with Gasteiger partial charge < -0.3 is 9.84 Å². The van der Waals surface area contributed by atoms with Gasteiger partial charge in [-0.05, 0) is 58.1 Å². The fourth-order valence-corrected chi connectivity index (χ4v) is 2.77. The Morgan fingerprint density at radius 3 is 1.95 bits per heavy atom. The Morgan fingerprint density at radius 1 is 1.10 bits per heavy atom. The van der Waals surface area contributed by atoms with E-state index in [1.54, 1.807) is 12.1 Å². The Hall–Kier alpha value is -0.930. The quantitative estimate of drug-likeness (QED) is 0.772. The molecule has 1 rings (SSSR count). The average Bonchev–Trinajstić information content (AvgIpc) is 2.25. The van der Waals surface area contributed by atoms with Gasteiger partial charge in [0, 0.05) is 0 Å². The van der Waals surface area contributed by atoms with Crippen LogP contribution in [0.4, 0.5) is 0 Å². The lowest BCUT2D eigenvalue weighted by Gasteiger charge is -2.33. The summed E-state index contributed by atoms with van der Waals surface area (Å²) < 4.78 is 2.79. The highest BCUT2D eigenvalue weighted by molar-refractivity contribution is 6.56. The molecule has 0 aromatic heterocycles. The molecule has 1 N–H and O–H groups in total. The number of halogens is 2. The van der Waals surface area contributed by atoms with Crippen LogP contribution in [0.1, 0.15) is 46.6 Å². The molecule has 3 nitrogen and oxygen atoms in total. The van der Waals surface area contributed by atoms with Gasteiger partial charge in [-0.15, -0.1) is 0 Å². The zero-order valence-corrected chi connectivity index (χ0v) is 14.5. The lowest BCUT2D eigenvalue weighted by atomic mass is 9.72. The van der Waals surface area contributed by atoms with Gasteiger partial charge in [0.15, 0.2) is 0 Å². The number of carboxylic acids is 1. The molecule has 0 aliphatic heterocycles. The van der Waals surface area contributed by atoms with E-state index in [-0.39, 0.29) is 10.8 Å². The highest BCUT2D eigenvalue weighted by Crippen LogP contribution is 2.37. The Morgan fingerprint density at radius 2 is 1.57 bits per heavy atom. The van der Waals surface area contributed by atoms with E-state index in [0.717, 1.165) is 12.0 Å². The molecule has 118 valence electrons. The van der Waals surface area contributed by atoms with Gasteiger partial charge in [-0.25, -0.2) is 4.79 Å². The maximum atomic E-state index is 10.8. The maximum absolute atomic E-state index is 10.8. The first-order chi connectivity index (χ1) is 9.33. The third-order valence-electron chi connectivity index (χ3n) is 3.10. The predicted molar refractivity (Wildman–Crippen MR) is 86.2 cm³/mol. The Kier molecular flexibility index (Phi) is 5.22. The van der Waals surface area contributed by atoms with Crippen molar-refractivity contribution in [2.75, 3.05) is 0 Å². The van der Waals surface area contributed by atoms with Crippen molar-refractivity contribution in [1.29, 1.82) is 0 Å². The number of rotatable bonds is 5. The van der Waals surface area contributed by atoms with Gasteiger partial charge in [0.25, 0.3) is 0 Å². The van der Waals surface area contributed by atoms with Gasteiger partial charge in [-0.1, -0.05) is 46.8 Å². The second-order valence-electron chi connectivity index (χ2n) is 7.07. The Bertz CT molecular complexity index is 499. The first kappa shape index (κ1) is 18.1. The Labute approximate surface area is 136 Å². The van der Waals surface area contributed by atoms with Gasteiger partial charge in [0.2, 0.25) is 0 Å². The van der Waals surface area contributed by atoms with E-state index >= 15 is 0 Å². The van der Waals surface area contributed by atoms with Crippen LogP contribution in [0.25, 0.3) is 0 Å². The van der Waals surface area contributed by atoms with Crippen LogP contribution in [0, 0.1) is 5.41 Å². The standard InChI is InChI=1S/C16H22Cl2O3/c1-14(2,3)10-15(4,5)11-6-8-12(9-7-11)21-16(17,18)13(19)20/h6-9H,10H2,1-5H3,(H,19,20). The molecule has 0 heterocycles. The second kappa shape index (κ2) is 6.05. The summed E-state index contributed by atoms with van der Waals surface area (Å²) in [5, 5.41) is 8.83. The van der Waals surface area contributed by atoms with Crippen LogP contribution in [0.2, 0.25) is 0 Å². The molecule has 0 fully saturated rings. The zero-order chi connectivity index (χ0) is 16.5. The first-order valence-corrected chi connectivity index (χ1v) is 7.50. The SMILES string of the molecule is CC(C)(C)CC(C)(C)c1ccc(OC(Cl)(Cl)C(=O)O)cc1. The van der Waals surface area contributed by atoms with Crippen molar-refractivity contribution >= 4 is 29.2 Å². The van der Waals surface area contributed by atoms with Crippen LogP contribution in [-0.2, 0) is 10.2 Å². The van der Waals surface area contributed by atoms with Crippen molar-refractivity contribution < 1.29 is 14.6 Å². The zero-order valence-electron chi connectivity index (χ0n) is 13.0. The lowest BCUT2D eigenvalue weighted by molar-refractivity contribution is -0.143. The topological polar surface area (TPSA) is 46.5 Å². The summed E-state index contributed by atoms with van der Waals surface area (Å²) in [6.45, 7) is 11.0. The number of carboxylic acid groups (broad SMARTS) is 1. The molecule has 0 saturated carbocycles. The number of aliphatic carboxylic acids is 1. The third-order valence-corrected chi connectivity index (χ3v) is 3.58. The van der Waals surface area contributed by atoms with Crippen LogP contribution >= 0.6 is 23.2 Å². The third kappa shape index (κ3) is 5.40. The minimum atomic E-state index is -2.28. The second-order valence-corrected chi connectivity index (χ2v) is 8.33. The fourth-order valence-electron chi connectivity index (χ4n) is 2.59. The molecule has 0 bridgehead atoms.